The Morgan fingerprint density at radius 3 is 1.32 bits per heavy atom. The lowest BCUT2D eigenvalue weighted by Gasteiger charge is -2.38. The lowest BCUT2D eigenvalue weighted by atomic mass is 9.64. The van der Waals surface area contributed by atoms with Crippen LogP contribution >= 0.6 is 0 Å². The van der Waals surface area contributed by atoms with Gasteiger partial charge < -0.3 is 9.80 Å². The zero-order valence-corrected chi connectivity index (χ0v) is 44.0. The minimum absolute atomic E-state index is 0.460. The molecule has 2 aliphatic carbocycles. The molecule has 0 saturated heterocycles. The molecule has 0 spiro atoms. The molecule has 0 atom stereocenters. The second-order valence-electron chi connectivity index (χ2n) is 21.0. The van der Waals surface area contributed by atoms with Crippen molar-refractivity contribution >= 4 is 61.2 Å². The van der Waals surface area contributed by atoms with Gasteiger partial charge >= 0.3 is 0 Å². The fraction of sp³-hybridized carbons (Fsp3) is 0.178. The molecule has 12 rings (SSSR count). The summed E-state index contributed by atoms with van der Waals surface area (Å²) >= 11 is 0. The Bertz CT molecular complexity index is 3680. The van der Waals surface area contributed by atoms with Gasteiger partial charge in [0.1, 0.15) is 0 Å². The quantitative estimate of drug-likeness (QED) is 0.101. The van der Waals surface area contributed by atoms with Crippen molar-refractivity contribution in [2.24, 2.45) is 0 Å². The number of allylic oxidation sites excluding steroid dienone is 4. The molecule has 0 saturated carbocycles. The van der Waals surface area contributed by atoms with E-state index >= 15 is 0 Å². The molecule has 368 valence electrons. The van der Waals surface area contributed by atoms with Gasteiger partial charge in [0.25, 0.3) is 0 Å². The summed E-state index contributed by atoms with van der Waals surface area (Å²) in [6.45, 7) is 9.03. The van der Waals surface area contributed by atoms with Crippen molar-refractivity contribution in [3.63, 3.8) is 0 Å². The van der Waals surface area contributed by atoms with Crippen molar-refractivity contribution in [2.45, 2.75) is 84.5 Å². The van der Waals surface area contributed by atoms with Gasteiger partial charge in [0.2, 0.25) is 0 Å². The van der Waals surface area contributed by atoms with Gasteiger partial charge in [-0.25, -0.2) is 0 Å². The third-order valence-electron chi connectivity index (χ3n) is 16.2. The Kier molecular flexibility index (Phi) is 13.1. The maximum atomic E-state index is 2.48. The molecule has 0 aromatic heterocycles. The fourth-order valence-corrected chi connectivity index (χ4v) is 12.3. The fourth-order valence-electron chi connectivity index (χ4n) is 12.3. The van der Waals surface area contributed by atoms with E-state index in [2.05, 4.69) is 268 Å². The summed E-state index contributed by atoms with van der Waals surface area (Å²) in [5.41, 5.74) is 22.6. The van der Waals surface area contributed by atoms with E-state index in [0.29, 0.717) is 0 Å². The molecule has 0 N–H and O–H groups in total. The van der Waals surface area contributed by atoms with Crippen LogP contribution in [0.15, 0.2) is 236 Å². The first-order valence-electron chi connectivity index (χ1n) is 27.5. The van der Waals surface area contributed by atoms with Crippen molar-refractivity contribution in [3.05, 3.63) is 281 Å². The summed E-state index contributed by atoms with van der Waals surface area (Å²) in [4.78, 5) is 4.88. The Hall–Kier alpha value is -8.20. The number of unbranched alkanes of at least 4 members (excludes halogenated alkanes) is 2. The summed E-state index contributed by atoms with van der Waals surface area (Å²) in [6.07, 6.45) is 13.9. The molecule has 0 aliphatic heterocycles. The van der Waals surface area contributed by atoms with Crippen LogP contribution < -0.4 is 9.80 Å². The summed E-state index contributed by atoms with van der Waals surface area (Å²) in [6, 6.07) is 82.6. The first kappa shape index (κ1) is 47.8. The molecule has 10 aromatic carbocycles. The van der Waals surface area contributed by atoms with E-state index in [-0.39, 0.29) is 0 Å². The summed E-state index contributed by atoms with van der Waals surface area (Å²) in [5, 5.41) is 4.87. The summed E-state index contributed by atoms with van der Waals surface area (Å²) < 4.78 is 0. The predicted octanol–water partition coefficient (Wildman–Crippen LogP) is 20.4. The molecule has 0 heterocycles. The highest BCUT2D eigenvalue weighted by Crippen LogP contribution is 2.59. The van der Waals surface area contributed by atoms with Crippen LogP contribution in [0.1, 0.15) is 96.9 Å². The average Bonchev–Trinajstić information content (AvgIpc) is 3.85. The van der Waals surface area contributed by atoms with Crippen molar-refractivity contribution < 1.29 is 0 Å². The van der Waals surface area contributed by atoms with Crippen molar-refractivity contribution in [3.8, 4) is 11.1 Å². The number of nitrogens with zero attached hydrogens (tertiary/aromatic N) is 2. The van der Waals surface area contributed by atoms with E-state index in [1.807, 2.05) is 0 Å². The molecule has 0 radical (unpaired) electrons. The largest absolute Gasteiger partial charge is 0.310 e. The van der Waals surface area contributed by atoms with Gasteiger partial charge in [0, 0.05) is 33.5 Å². The van der Waals surface area contributed by atoms with Crippen LogP contribution in [-0.4, -0.2) is 0 Å². The maximum Gasteiger partial charge on any atom is 0.0676 e. The van der Waals surface area contributed by atoms with Crippen LogP contribution in [0.25, 0.3) is 38.2 Å². The van der Waals surface area contributed by atoms with E-state index in [0.717, 1.165) is 59.8 Å². The SMILES string of the molecule is CCCCc1ccc(C2=CC=C(C3(c4ccc(N(c5ccc(N(c6ccc(CCCC)cc6)c6cccc7ccccc67)cc5)c5cccc6ccccc56)cc4)c4cc(C)ccc4-c4ccc(C)cc43)CC2)cc1. The normalized spacial score (nSPS) is 13.5. The molecular formula is C73H66N2. The van der Waals surface area contributed by atoms with Gasteiger partial charge in [0.05, 0.1) is 16.8 Å². The van der Waals surface area contributed by atoms with E-state index in [9.17, 15) is 0 Å². The Morgan fingerprint density at radius 1 is 0.413 bits per heavy atom. The first-order chi connectivity index (χ1) is 36.9. The van der Waals surface area contributed by atoms with E-state index < -0.39 is 5.41 Å². The minimum atomic E-state index is -0.460. The minimum Gasteiger partial charge on any atom is -0.310 e. The Balaban J connectivity index is 0.989. The first-order valence-corrected chi connectivity index (χ1v) is 27.5. The highest BCUT2D eigenvalue weighted by molar-refractivity contribution is 6.01. The summed E-state index contributed by atoms with van der Waals surface area (Å²) in [5.74, 6) is 0. The van der Waals surface area contributed by atoms with Gasteiger partial charge in [-0.3, -0.25) is 0 Å². The van der Waals surface area contributed by atoms with Gasteiger partial charge in [0.15, 0.2) is 0 Å². The van der Waals surface area contributed by atoms with E-state index in [4.69, 9.17) is 0 Å². The molecule has 0 bridgehead atoms. The van der Waals surface area contributed by atoms with Gasteiger partial charge in [-0.05, 0) is 174 Å². The van der Waals surface area contributed by atoms with E-state index in [1.54, 1.807) is 0 Å². The van der Waals surface area contributed by atoms with Crippen molar-refractivity contribution in [2.75, 3.05) is 9.80 Å². The molecule has 0 unspecified atom stereocenters. The smallest absolute Gasteiger partial charge is 0.0676 e. The molecule has 2 heteroatoms. The second kappa shape index (κ2) is 20.6. The summed E-state index contributed by atoms with van der Waals surface area (Å²) in [7, 11) is 0. The molecular weight excluding hydrogens is 905 g/mol. The van der Waals surface area contributed by atoms with Crippen LogP contribution in [0.4, 0.5) is 34.1 Å². The number of benzene rings is 10. The Morgan fingerprint density at radius 2 is 0.853 bits per heavy atom. The zero-order valence-electron chi connectivity index (χ0n) is 44.0. The van der Waals surface area contributed by atoms with Crippen LogP contribution in [0, 0.1) is 13.8 Å². The molecule has 2 nitrogen and oxygen atoms in total. The topological polar surface area (TPSA) is 6.48 Å². The standard InChI is InChI=1S/C73H66N2/c1-5-7-15-53-27-31-55(32-28-53)56-33-35-59(36-34-56)73(69-49-51(3)25-47-67(69)68-48-26-52(4)50-70(68)73)60-37-41-62(42-38-60)75(72-24-14-20-58-18-10-12-22-66(58)72)64-45-43-63(44-46-64)74(61-39-29-54(30-40-61)16-8-6-2)71-23-13-19-57-17-9-11-21-65(57)71/h9-14,17-33,35,37-50H,5-8,15-16,34,36H2,1-4H3. The van der Waals surface area contributed by atoms with Crippen LogP contribution in [0.2, 0.25) is 0 Å². The highest BCUT2D eigenvalue weighted by atomic mass is 15.2. The van der Waals surface area contributed by atoms with Gasteiger partial charge in [-0.1, -0.05) is 213 Å². The molecule has 2 aliphatic rings. The molecule has 75 heavy (non-hydrogen) atoms. The number of hydrogen-bond donors (Lipinski definition) is 0. The number of anilines is 6. The number of aryl methyl sites for hydroxylation is 4. The monoisotopic (exact) mass is 971 g/mol. The predicted molar refractivity (Wildman–Crippen MR) is 321 cm³/mol. The number of fused-ring (bicyclic) bond motifs is 5. The van der Waals surface area contributed by atoms with Gasteiger partial charge in [-0.2, -0.15) is 0 Å². The maximum absolute atomic E-state index is 2.48. The second-order valence-corrected chi connectivity index (χ2v) is 21.0. The molecule has 10 aromatic rings. The van der Waals surface area contributed by atoms with Crippen molar-refractivity contribution in [1.29, 1.82) is 0 Å². The Labute approximate surface area is 445 Å². The van der Waals surface area contributed by atoms with Crippen LogP contribution in [0.3, 0.4) is 0 Å². The third kappa shape index (κ3) is 8.87. The van der Waals surface area contributed by atoms with Crippen LogP contribution in [-0.2, 0) is 18.3 Å². The number of hydrogen-bond acceptors (Lipinski definition) is 2. The van der Waals surface area contributed by atoms with Crippen LogP contribution in [0.5, 0.6) is 0 Å². The lowest BCUT2D eigenvalue weighted by Crippen LogP contribution is -2.30. The van der Waals surface area contributed by atoms with E-state index in [1.165, 1.54) is 114 Å². The highest BCUT2D eigenvalue weighted by Gasteiger charge is 2.47. The van der Waals surface area contributed by atoms with Gasteiger partial charge in [-0.15, -0.1) is 0 Å². The zero-order chi connectivity index (χ0) is 50.9. The van der Waals surface area contributed by atoms with Crippen molar-refractivity contribution in [1.82, 2.24) is 0 Å². The third-order valence-corrected chi connectivity index (χ3v) is 16.2. The average molecular weight is 971 g/mol. The lowest BCUT2D eigenvalue weighted by molar-refractivity contribution is 0.695. The molecule has 0 fully saturated rings. The number of rotatable bonds is 15. The molecule has 0 amide bonds.